The molecule has 7 heteroatoms. The van der Waals surface area contributed by atoms with E-state index in [-0.39, 0.29) is 11.8 Å². The summed E-state index contributed by atoms with van der Waals surface area (Å²) in [6.07, 6.45) is 2.01. The zero-order valence-electron chi connectivity index (χ0n) is 18.2. The molecule has 0 aromatic heterocycles. The van der Waals surface area contributed by atoms with Crippen LogP contribution in [0.15, 0.2) is 83.1 Å². The number of hydrogen-bond donors (Lipinski definition) is 1. The molecule has 0 spiro atoms. The van der Waals surface area contributed by atoms with Crippen LogP contribution in [-0.2, 0) is 0 Å². The van der Waals surface area contributed by atoms with Crippen molar-refractivity contribution < 1.29 is 19.0 Å². The van der Waals surface area contributed by atoms with Crippen LogP contribution in [0.25, 0.3) is 0 Å². The summed E-state index contributed by atoms with van der Waals surface area (Å²) in [4.78, 5) is 13.9. The lowest BCUT2D eigenvalue weighted by atomic mass is 9.83. The van der Waals surface area contributed by atoms with Gasteiger partial charge < -0.3 is 19.9 Å². The van der Waals surface area contributed by atoms with Gasteiger partial charge in [0.1, 0.15) is 34.5 Å². The Bertz CT molecular complexity index is 1260. The minimum atomic E-state index is -0.541. The summed E-state index contributed by atoms with van der Waals surface area (Å²) in [6, 6.07) is 22.2. The quantitative estimate of drug-likeness (QED) is 0.306. The number of rotatable bonds is 6. The average Bonchev–Trinajstić information content (AvgIpc) is 2.83. The third-order valence-corrected chi connectivity index (χ3v) is 6.00. The van der Waals surface area contributed by atoms with Gasteiger partial charge in [-0.1, -0.05) is 30.3 Å². The van der Waals surface area contributed by atoms with Gasteiger partial charge in [0.25, 0.3) is 0 Å². The Morgan fingerprint density at radius 2 is 1.91 bits per heavy atom. The summed E-state index contributed by atoms with van der Waals surface area (Å²) < 4.78 is 16.9. The third kappa shape index (κ3) is 4.52. The Hall–Kier alpha value is -3.89. The standard InChI is InChI=1S/C26H22N2O4S/c1-3-30-22-7-5-4-6-20(22)26(29)31-17-10-13-19-23(14-17)32-25(28)21(15-27)24(19)16-8-11-18(33-2)12-9-16/h4-14,24H,3,28H2,1-2H3. The first-order chi connectivity index (χ1) is 16.0. The van der Waals surface area contributed by atoms with Crippen molar-refractivity contribution in [1.29, 1.82) is 5.26 Å². The number of allylic oxidation sites excluding steroid dienone is 1. The Morgan fingerprint density at radius 3 is 2.61 bits per heavy atom. The van der Waals surface area contributed by atoms with Gasteiger partial charge in [-0.2, -0.15) is 5.26 Å². The molecule has 33 heavy (non-hydrogen) atoms. The van der Waals surface area contributed by atoms with Crippen LogP contribution in [0, 0.1) is 11.3 Å². The molecule has 0 fully saturated rings. The molecule has 4 rings (SSSR count). The monoisotopic (exact) mass is 458 g/mol. The van der Waals surface area contributed by atoms with Crippen LogP contribution >= 0.6 is 11.8 Å². The van der Waals surface area contributed by atoms with Gasteiger partial charge in [0.2, 0.25) is 5.88 Å². The molecule has 0 radical (unpaired) electrons. The number of carbonyl (C=O) groups excluding carboxylic acids is 1. The average molecular weight is 459 g/mol. The maximum absolute atomic E-state index is 12.8. The van der Waals surface area contributed by atoms with Crippen LogP contribution in [-0.4, -0.2) is 18.8 Å². The molecule has 2 N–H and O–H groups in total. The van der Waals surface area contributed by atoms with E-state index in [0.29, 0.717) is 35.0 Å². The predicted octanol–water partition coefficient (Wildman–Crippen LogP) is 5.24. The molecule has 0 bridgehead atoms. The van der Waals surface area contributed by atoms with E-state index in [1.807, 2.05) is 37.4 Å². The van der Waals surface area contributed by atoms with Crippen LogP contribution in [0.1, 0.15) is 34.3 Å². The molecule has 0 amide bonds. The van der Waals surface area contributed by atoms with E-state index in [1.165, 1.54) is 0 Å². The first-order valence-electron chi connectivity index (χ1n) is 10.3. The minimum Gasteiger partial charge on any atom is -0.493 e. The molecular weight excluding hydrogens is 436 g/mol. The lowest BCUT2D eigenvalue weighted by molar-refractivity contribution is 0.0730. The number of hydrogen-bond acceptors (Lipinski definition) is 7. The van der Waals surface area contributed by atoms with E-state index < -0.39 is 5.97 Å². The summed E-state index contributed by atoms with van der Waals surface area (Å²) in [5.41, 5.74) is 8.46. The second-order valence-corrected chi connectivity index (χ2v) is 8.10. The molecule has 166 valence electrons. The number of thioether (sulfide) groups is 1. The number of benzene rings is 3. The molecule has 1 unspecified atom stereocenters. The van der Waals surface area contributed by atoms with Gasteiger partial charge in [0.05, 0.1) is 12.5 Å². The van der Waals surface area contributed by atoms with Gasteiger partial charge >= 0.3 is 5.97 Å². The molecular formula is C26H22N2O4S. The molecule has 0 aliphatic carbocycles. The van der Waals surface area contributed by atoms with Crippen molar-refractivity contribution in [1.82, 2.24) is 0 Å². The predicted molar refractivity (Wildman–Crippen MR) is 127 cm³/mol. The molecule has 1 atom stereocenters. The van der Waals surface area contributed by atoms with Crippen molar-refractivity contribution >= 4 is 17.7 Å². The Morgan fingerprint density at radius 1 is 1.15 bits per heavy atom. The highest BCUT2D eigenvalue weighted by Gasteiger charge is 2.31. The van der Waals surface area contributed by atoms with Gasteiger partial charge in [-0.15, -0.1) is 11.8 Å². The summed E-state index contributed by atoms with van der Waals surface area (Å²) in [7, 11) is 0. The smallest absolute Gasteiger partial charge is 0.347 e. The molecule has 1 heterocycles. The second-order valence-electron chi connectivity index (χ2n) is 7.22. The highest BCUT2D eigenvalue weighted by atomic mass is 32.2. The van der Waals surface area contributed by atoms with Crippen LogP contribution in [0.4, 0.5) is 0 Å². The van der Waals surface area contributed by atoms with Gasteiger partial charge in [0, 0.05) is 16.5 Å². The second kappa shape index (κ2) is 9.72. The summed E-state index contributed by atoms with van der Waals surface area (Å²) >= 11 is 1.64. The zero-order valence-corrected chi connectivity index (χ0v) is 19.0. The highest BCUT2D eigenvalue weighted by Crippen LogP contribution is 2.43. The molecule has 3 aromatic carbocycles. The fourth-order valence-electron chi connectivity index (χ4n) is 3.72. The molecule has 1 aliphatic rings. The van der Waals surface area contributed by atoms with E-state index in [0.717, 1.165) is 16.0 Å². The molecule has 0 saturated heterocycles. The van der Waals surface area contributed by atoms with Gasteiger partial charge in [-0.3, -0.25) is 0 Å². The molecule has 0 saturated carbocycles. The van der Waals surface area contributed by atoms with Crippen LogP contribution in [0.2, 0.25) is 0 Å². The third-order valence-electron chi connectivity index (χ3n) is 5.26. The van der Waals surface area contributed by atoms with Gasteiger partial charge in [-0.25, -0.2) is 4.79 Å². The van der Waals surface area contributed by atoms with Crippen molar-refractivity contribution in [3.63, 3.8) is 0 Å². The van der Waals surface area contributed by atoms with E-state index in [9.17, 15) is 10.1 Å². The number of nitriles is 1. The van der Waals surface area contributed by atoms with E-state index in [4.69, 9.17) is 19.9 Å². The Kier molecular flexibility index (Phi) is 6.57. The number of nitrogens with zero attached hydrogens (tertiary/aromatic N) is 1. The largest absolute Gasteiger partial charge is 0.493 e. The number of ether oxygens (including phenoxy) is 3. The van der Waals surface area contributed by atoms with E-state index in [2.05, 4.69) is 6.07 Å². The maximum Gasteiger partial charge on any atom is 0.347 e. The first kappa shape index (κ1) is 22.3. The van der Waals surface area contributed by atoms with Crippen molar-refractivity contribution in [2.75, 3.05) is 12.9 Å². The summed E-state index contributed by atoms with van der Waals surface area (Å²) in [5, 5.41) is 9.74. The van der Waals surface area contributed by atoms with Crippen LogP contribution < -0.4 is 19.9 Å². The normalized spacial score (nSPS) is 14.6. The molecule has 6 nitrogen and oxygen atoms in total. The summed E-state index contributed by atoms with van der Waals surface area (Å²) in [6.45, 7) is 2.28. The fourth-order valence-corrected chi connectivity index (χ4v) is 4.13. The molecule has 1 aliphatic heterocycles. The SMILES string of the molecule is CCOc1ccccc1C(=O)Oc1ccc2c(c1)OC(N)=C(C#N)C2c1ccc(SC)cc1. The first-order valence-corrected chi connectivity index (χ1v) is 11.6. The zero-order chi connectivity index (χ0) is 23.4. The van der Waals surface area contributed by atoms with Gasteiger partial charge in [-0.05, 0) is 49.1 Å². The topological polar surface area (TPSA) is 94.6 Å². The Labute approximate surface area is 196 Å². The van der Waals surface area contributed by atoms with Crippen LogP contribution in [0.5, 0.6) is 17.2 Å². The highest BCUT2D eigenvalue weighted by molar-refractivity contribution is 7.98. The maximum atomic E-state index is 12.8. The number of nitrogens with two attached hydrogens (primary N) is 1. The lowest BCUT2D eigenvalue weighted by Crippen LogP contribution is -2.21. The fraction of sp³-hybridized carbons (Fsp3) is 0.154. The van der Waals surface area contributed by atoms with Crippen molar-refractivity contribution in [2.24, 2.45) is 5.73 Å². The van der Waals surface area contributed by atoms with Crippen molar-refractivity contribution in [2.45, 2.75) is 17.7 Å². The molecule has 3 aromatic rings. The lowest BCUT2D eigenvalue weighted by Gasteiger charge is -2.26. The number of fused-ring (bicyclic) bond motifs is 1. The van der Waals surface area contributed by atoms with E-state index in [1.54, 1.807) is 54.2 Å². The summed E-state index contributed by atoms with van der Waals surface area (Å²) in [5.74, 6) is 0.315. The van der Waals surface area contributed by atoms with E-state index >= 15 is 0 Å². The van der Waals surface area contributed by atoms with Crippen LogP contribution in [0.3, 0.4) is 0 Å². The Balaban J connectivity index is 1.67. The van der Waals surface area contributed by atoms with Gasteiger partial charge in [0.15, 0.2) is 0 Å². The van der Waals surface area contributed by atoms with Crippen molar-refractivity contribution in [3.05, 3.63) is 94.9 Å². The number of esters is 1. The number of carbonyl (C=O) groups is 1. The van der Waals surface area contributed by atoms with Crippen molar-refractivity contribution in [3.8, 4) is 23.3 Å². The number of para-hydroxylation sites is 1. The minimum absolute atomic E-state index is 0.0362.